The summed E-state index contributed by atoms with van der Waals surface area (Å²) in [7, 11) is 0. The smallest absolute Gasteiger partial charge is 0.244 e. The molecular formula is C16H20ClN3OS. The number of benzene rings is 1. The van der Waals surface area contributed by atoms with Gasteiger partial charge >= 0.3 is 0 Å². The fraction of sp³-hybridized carbons (Fsp3) is 0.375. The van der Waals surface area contributed by atoms with Gasteiger partial charge < -0.3 is 11.1 Å². The zero-order chi connectivity index (χ0) is 14.9. The lowest BCUT2D eigenvalue weighted by atomic mass is 9.98. The van der Waals surface area contributed by atoms with Crippen LogP contribution in [0.25, 0.3) is 11.3 Å². The predicted molar refractivity (Wildman–Crippen MR) is 93.6 cm³/mol. The Labute approximate surface area is 140 Å². The minimum Gasteiger partial charge on any atom is -0.324 e. The summed E-state index contributed by atoms with van der Waals surface area (Å²) in [5, 5.41) is 6.01. The van der Waals surface area contributed by atoms with Gasteiger partial charge in [0.05, 0.1) is 16.2 Å². The second-order valence-electron chi connectivity index (χ2n) is 5.65. The molecule has 1 fully saturated rings. The molecule has 1 aliphatic rings. The van der Waals surface area contributed by atoms with E-state index >= 15 is 0 Å². The fourth-order valence-electron chi connectivity index (χ4n) is 2.71. The maximum atomic E-state index is 12.2. The molecule has 0 saturated heterocycles. The molecule has 0 radical (unpaired) electrons. The minimum absolute atomic E-state index is 0. The molecule has 1 aliphatic carbocycles. The van der Waals surface area contributed by atoms with Gasteiger partial charge in [0, 0.05) is 16.6 Å². The standard InChI is InChI=1S/C16H19N3OS.ClH/c1-11-18-14(10-21-11)12-4-6-13(7-5-12)19-15(20)16(17)8-2-3-9-16;/h4-7,10H,2-3,8-9,17H2,1H3,(H,19,20);1H. The number of nitrogens with one attached hydrogen (secondary N) is 1. The number of rotatable bonds is 3. The van der Waals surface area contributed by atoms with Gasteiger partial charge in [-0.2, -0.15) is 0 Å². The van der Waals surface area contributed by atoms with Crippen molar-refractivity contribution < 1.29 is 4.79 Å². The average Bonchev–Trinajstić information content (AvgIpc) is 3.09. The van der Waals surface area contributed by atoms with Crippen molar-refractivity contribution in [3.05, 3.63) is 34.7 Å². The second kappa shape index (κ2) is 6.77. The van der Waals surface area contributed by atoms with Crippen molar-refractivity contribution in [1.82, 2.24) is 4.98 Å². The molecule has 0 aliphatic heterocycles. The molecule has 3 rings (SSSR count). The molecule has 1 saturated carbocycles. The highest BCUT2D eigenvalue weighted by atomic mass is 35.5. The number of carbonyl (C=O) groups is 1. The Bertz CT molecular complexity index is 648. The summed E-state index contributed by atoms with van der Waals surface area (Å²) in [6, 6.07) is 7.75. The molecule has 1 aromatic carbocycles. The molecule has 1 heterocycles. The van der Waals surface area contributed by atoms with Gasteiger partial charge in [-0.05, 0) is 31.9 Å². The molecule has 0 bridgehead atoms. The number of hydrogen-bond donors (Lipinski definition) is 2. The van der Waals surface area contributed by atoms with Crippen LogP contribution in [-0.2, 0) is 4.79 Å². The van der Waals surface area contributed by atoms with Crippen molar-refractivity contribution in [2.24, 2.45) is 5.73 Å². The first-order chi connectivity index (χ1) is 10.1. The Morgan fingerprint density at radius 1 is 1.27 bits per heavy atom. The van der Waals surface area contributed by atoms with Crippen LogP contribution in [-0.4, -0.2) is 16.4 Å². The van der Waals surface area contributed by atoms with E-state index in [1.807, 2.05) is 36.6 Å². The zero-order valence-electron chi connectivity index (χ0n) is 12.5. The molecule has 0 atom stereocenters. The van der Waals surface area contributed by atoms with E-state index in [1.165, 1.54) is 0 Å². The first-order valence-corrected chi connectivity index (χ1v) is 8.08. The maximum Gasteiger partial charge on any atom is 0.244 e. The number of anilines is 1. The first-order valence-electron chi connectivity index (χ1n) is 7.20. The van der Waals surface area contributed by atoms with E-state index in [0.29, 0.717) is 0 Å². The Balaban J connectivity index is 0.00000176. The molecule has 6 heteroatoms. The van der Waals surface area contributed by atoms with Crippen molar-refractivity contribution in [1.29, 1.82) is 0 Å². The summed E-state index contributed by atoms with van der Waals surface area (Å²) in [6.45, 7) is 1.99. The minimum atomic E-state index is -0.690. The Morgan fingerprint density at radius 3 is 2.45 bits per heavy atom. The van der Waals surface area contributed by atoms with Gasteiger partial charge in [0.15, 0.2) is 0 Å². The zero-order valence-corrected chi connectivity index (χ0v) is 14.1. The highest BCUT2D eigenvalue weighted by Gasteiger charge is 2.36. The first kappa shape index (κ1) is 16.9. The van der Waals surface area contributed by atoms with Crippen LogP contribution in [0.15, 0.2) is 29.6 Å². The van der Waals surface area contributed by atoms with Gasteiger partial charge in [-0.15, -0.1) is 23.7 Å². The number of carbonyl (C=O) groups excluding carboxylic acids is 1. The molecule has 4 nitrogen and oxygen atoms in total. The van der Waals surface area contributed by atoms with Gasteiger partial charge in [-0.3, -0.25) is 4.79 Å². The highest BCUT2D eigenvalue weighted by Crippen LogP contribution is 2.29. The average molecular weight is 338 g/mol. The van der Waals surface area contributed by atoms with Crippen LogP contribution in [0, 0.1) is 6.92 Å². The van der Waals surface area contributed by atoms with E-state index in [-0.39, 0.29) is 18.3 Å². The van der Waals surface area contributed by atoms with Gasteiger partial charge in [-0.1, -0.05) is 25.0 Å². The van der Waals surface area contributed by atoms with Gasteiger partial charge in [0.1, 0.15) is 0 Å². The maximum absolute atomic E-state index is 12.2. The third kappa shape index (κ3) is 3.48. The topological polar surface area (TPSA) is 68.0 Å². The van der Waals surface area contributed by atoms with E-state index in [1.54, 1.807) is 11.3 Å². The normalized spacial score (nSPS) is 16.1. The van der Waals surface area contributed by atoms with Crippen molar-refractivity contribution in [2.75, 3.05) is 5.32 Å². The van der Waals surface area contributed by atoms with Crippen molar-refractivity contribution >= 4 is 35.3 Å². The lowest BCUT2D eigenvalue weighted by Gasteiger charge is -2.22. The largest absolute Gasteiger partial charge is 0.324 e. The molecule has 22 heavy (non-hydrogen) atoms. The lowest BCUT2D eigenvalue weighted by molar-refractivity contribution is -0.121. The summed E-state index contributed by atoms with van der Waals surface area (Å²) in [5.74, 6) is -0.0720. The van der Waals surface area contributed by atoms with Crippen LogP contribution in [0.3, 0.4) is 0 Å². The third-order valence-corrected chi connectivity index (χ3v) is 4.78. The van der Waals surface area contributed by atoms with Gasteiger partial charge in [-0.25, -0.2) is 4.98 Å². The molecule has 2 aromatic rings. The molecule has 118 valence electrons. The predicted octanol–water partition coefficient (Wildman–Crippen LogP) is 3.75. The second-order valence-corrected chi connectivity index (χ2v) is 6.71. The SMILES string of the molecule is Cc1nc(-c2ccc(NC(=O)C3(N)CCCC3)cc2)cs1.Cl. The van der Waals surface area contributed by atoms with E-state index in [2.05, 4.69) is 10.3 Å². The van der Waals surface area contributed by atoms with E-state index in [4.69, 9.17) is 5.73 Å². The third-order valence-electron chi connectivity index (χ3n) is 4.01. The number of aromatic nitrogens is 1. The molecular weight excluding hydrogens is 318 g/mol. The fourth-order valence-corrected chi connectivity index (χ4v) is 3.33. The quantitative estimate of drug-likeness (QED) is 0.896. The van der Waals surface area contributed by atoms with Crippen molar-refractivity contribution in [2.45, 2.75) is 38.1 Å². The number of thiazole rings is 1. The number of aryl methyl sites for hydroxylation is 1. The molecule has 3 N–H and O–H groups in total. The molecule has 0 unspecified atom stereocenters. The summed E-state index contributed by atoms with van der Waals surface area (Å²) in [4.78, 5) is 16.7. The number of hydrogen-bond acceptors (Lipinski definition) is 4. The summed E-state index contributed by atoms with van der Waals surface area (Å²) >= 11 is 1.63. The van der Waals surface area contributed by atoms with Crippen LogP contribution < -0.4 is 11.1 Å². The number of amides is 1. The lowest BCUT2D eigenvalue weighted by Crippen LogP contribution is -2.48. The monoisotopic (exact) mass is 337 g/mol. The summed E-state index contributed by atoms with van der Waals surface area (Å²) < 4.78 is 0. The molecule has 0 spiro atoms. The molecule has 1 aromatic heterocycles. The van der Waals surface area contributed by atoms with Gasteiger partial charge in [0.25, 0.3) is 0 Å². The Kier molecular flexibility index (Phi) is 5.21. The van der Waals surface area contributed by atoms with E-state index < -0.39 is 5.54 Å². The summed E-state index contributed by atoms with van der Waals surface area (Å²) in [5.41, 5.74) is 8.28. The van der Waals surface area contributed by atoms with Crippen LogP contribution >= 0.6 is 23.7 Å². The summed E-state index contributed by atoms with van der Waals surface area (Å²) in [6.07, 6.45) is 3.61. The van der Waals surface area contributed by atoms with Crippen LogP contribution in [0.5, 0.6) is 0 Å². The van der Waals surface area contributed by atoms with E-state index in [0.717, 1.165) is 47.6 Å². The number of nitrogens with zero attached hydrogens (tertiary/aromatic N) is 1. The van der Waals surface area contributed by atoms with Crippen LogP contribution in [0.1, 0.15) is 30.7 Å². The molecule has 1 amide bonds. The Hall–Kier alpha value is -1.43. The van der Waals surface area contributed by atoms with Crippen LogP contribution in [0.2, 0.25) is 0 Å². The Morgan fingerprint density at radius 2 is 1.91 bits per heavy atom. The number of nitrogens with two attached hydrogens (primary N) is 1. The van der Waals surface area contributed by atoms with Gasteiger partial charge in [0.2, 0.25) is 5.91 Å². The van der Waals surface area contributed by atoms with Crippen molar-refractivity contribution in [3.63, 3.8) is 0 Å². The highest BCUT2D eigenvalue weighted by molar-refractivity contribution is 7.09. The van der Waals surface area contributed by atoms with Crippen molar-refractivity contribution in [3.8, 4) is 11.3 Å². The van der Waals surface area contributed by atoms with Crippen LogP contribution in [0.4, 0.5) is 5.69 Å². The van der Waals surface area contributed by atoms with E-state index in [9.17, 15) is 4.79 Å². The number of halogens is 1.